The Morgan fingerprint density at radius 2 is 1.82 bits per heavy atom. The van der Waals surface area contributed by atoms with Crippen LogP contribution >= 0.6 is 0 Å². The minimum atomic E-state index is -4.51. The number of fused-ring (bicyclic) bond motifs is 2. The number of aromatic nitrogens is 5. The number of hydrogen-bond acceptors (Lipinski definition) is 8. The Bertz CT molecular complexity index is 1450. The third kappa shape index (κ3) is 6.32. The summed E-state index contributed by atoms with van der Waals surface area (Å²) < 4.78 is 41.2. The number of aliphatic hydroxyl groups excluding tert-OH is 2. The van der Waals surface area contributed by atoms with E-state index in [1.807, 2.05) is 24.4 Å². The highest BCUT2D eigenvalue weighted by molar-refractivity contribution is 5.83. The molecule has 0 bridgehead atoms. The van der Waals surface area contributed by atoms with Gasteiger partial charge in [0.05, 0.1) is 5.69 Å². The highest BCUT2D eigenvalue weighted by atomic mass is 19.4. The van der Waals surface area contributed by atoms with Crippen LogP contribution in [-0.4, -0.2) is 87.1 Å². The molecule has 1 unspecified atom stereocenters. The van der Waals surface area contributed by atoms with E-state index in [0.717, 1.165) is 48.4 Å². The number of rotatable bonds is 6. The number of aromatic amines is 1. The van der Waals surface area contributed by atoms with Crippen molar-refractivity contribution in [3.05, 3.63) is 59.8 Å². The molecule has 0 aliphatic carbocycles. The number of likely N-dealkylation sites (tertiary alicyclic amines) is 1. The molecular weight excluding hydrogens is 525 g/mol. The van der Waals surface area contributed by atoms with Crippen LogP contribution in [0.25, 0.3) is 16.7 Å². The minimum absolute atomic E-state index is 0.0106. The van der Waals surface area contributed by atoms with Crippen molar-refractivity contribution < 1.29 is 43.2 Å². The van der Waals surface area contributed by atoms with Crippen LogP contribution in [0.2, 0.25) is 0 Å². The third-order valence-corrected chi connectivity index (χ3v) is 6.36. The number of nitrogens with zero attached hydrogens (tertiary/aromatic N) is 5. The summed E-state index contributed by atoms with van der Waals surface area (Å²) in [5, 5.41) is 37.4. The number of benzene rings is 1. The van der Waals surface area contributed by atoms with Gasteiger partial charge in [0.1, 0.15) is 6.33 Å². The summed E-state index contributed by atoms with van der Waals surface area (Å²) in [7, 11) is 0. The number of carboxylic acid groups (broad SMARTS) is 2. The molecule has 0 radical (unpaired) electrons. The number of carboxylic acids is 2. The first-order chi connectivity index (χ1) is 18.5. The maximum Gasteiger partial charge on any atom is 0.433 e. The van der Waals surface area contributed by atoms with Crippen LogP contribution in [0.5, 0.6) is 0 Å². The summed E-state index contributed by atoms with van der Waals surface area (Å²) in [4.78, 5) is 33.4. The Morgan fingerprint density at radius 1 is 1.13 bits per heavy atom. The Kier molecular flexibility index (Phi) is 8.13. The number of carbonyl (C=O) groups is 2. The number of para-hydroxylation sites is 1. The van der Waals surface area contributed by atoms with E-state index in [0.29, 0.717) is 12.2 Å². The summed E-state index contributed by atoms with van der Waals surface area (Å²) in [6.07, 6.45) is -4.22. The van der Waals surface area contributed by atoms with Crippen molar-refractivity contribution in [2.45, 2.75) is 43.7 Å². The lowest BCUT2D eigenvalue weighted by atomic mass is 9.93. The van der Waals surface area contributed by atoms with E-state index < -0.39 is 36.0 Å². The van der Waals surface area contributed by atoms with Crippen LogP contribution in [0.1, 0.15) is 35.7 Å². The van der Waals surface area contributed by atoms with Crippen molar-refractivity contribution in [1.82, 2.24) is 29.5 Å². The van der Waals surface area contributed by atoms with Crippen LogP contribution < -0.4 is 0 Å². The second-order valence-electron chi connectivity index (χ2n) is 9.04. The van der Waals surface area contributed by atoms with E-state index in [1.165, 1.54) is 10.9 Å². The molecule has 0 amide bonds. The molecule has 12 nitrogen and oxygen atoms in total. The van der Waals surface area contributed by atoms with Crippen molar-refractivity contribution in [2.24, 2.45) is 0 Å². The summed E-state index contributed by atoms with van der Waals surface area (Å²) in [5.41, 5.74) is 1.88. The van der Waals surface area contributed by atoms with Crippen LogP contribution in [0, 0.1) is 0 Å². The lowest BCUT2D eigenvalue weighted by Gasteiger charge is -2.32. The van der Waals surface area contributed by atoms with Crippen molar-refractivity contribution in [3.8, 4) is 0 Å². The van der Waals surface area contributed by atoms with Gasteiger partial charge in [-0.3, -0.25) is 4.90 Å². The monoisotopic (exact) mass is 550 g/mol. The molecule has 1 aromatic carbocycles. The summed E-state index contributed by atoms with van der Waals surface area (Å²) in [6, 6.07) is 9.24. The van der Waals surface area contributed by atoms with Gasteiger partial charge in [0.15, 0.2) is 17.9 Å². The van der Waals surface area contributed by atoms with E-state index in [9.17, 15) is 22.8 Å². The van der Waals surface area contributed by atoms with E-state index in [-0.39, 0.29) is 11.7 Å². The van der Waals surface area contributed by atoms with E-state index >= 15 is 0 Å². The molecule has 15 heteroatoms. The fourth-order valence-electron chi connectivity index (χ4n) is 4.46. The van der Waals surface area contributed by atoms with Crippen molar-refractivity contribution >= 4 is 28.6 Å². The molecule has 1 aliphatic heterocycles. The van der Waals surface area contributed by atoms with Gasteiger partial charge in [-0.1, -0.05) is 18.2 Å². The molecule has 208 valence electrons. The molecule has 3 aromatic heterocycles. The largest absolute Gasteiger partial charge is 0.479 e. The zero-order valence-corrected chi connectivity index (χ0v) is 20.3. The molecule has 1 aliphatic rings. The van der Waals surface area contributed by atoms with Gasteiger partial charge in [-0.15, -0.1) is 0 Å². The number of H-pyrrole nitrogens is 1. The van der Waals surface area contributed by atoms with Crippen molar-refractivity contribution in [3.63, 3.8) is 0 Å². The Labute approximate surface area is 218 Å². The summed E-state index contributed by atoms with van der Waals surface area (Å²) >= 11 is 0. The van der Waals surface area contributed by atoms with Gasteiger partial charge < -0.3 is 25.4 Å². The Hall–Kier alpha value is -4.08. The number of nitrogens with one attached hydrogen (secondary N) is 1. The molecule has 5 rings (SSSR count). The Morgan fingerprint density at radius 3 is 2.49 bits per heavy atom. The van der Waals surface area contributed by atoms with E-state index in [4.69, 9.17) is 20.4 Å². The van der Waals surface area contributed by atoms with Crippen molar-refractivity contribution in [1.29, 1.82) is 0 Å². The molecule has 39 heavy (non-hydrogen) atoms. The predicted octanol–water partition coefficient (Wildman–Crippen LogP) is 1.88. The molecule has 0 saturated carbocycles. The number of piperidine rings is 1. The highest BCUT2D eigenvalue weighted by Crippen LogP contribution is 2.33. The van der Waals surface area contributed by atoms with E-state index in [1.54, 1.807) is 0 Å². The molecule has 4 heterocycles. The fraction of sp³-hybridized carbons (Fsp3) is 0.375. The van der Waals surface area contributed by atoms with Gasteiger partial charge in [-0.25, -0.2) is 14.6 Å². The maximum absolute atomic E-state index is 13.5. The first-order valence-corrected chi connectivity index (χ1v) is 11.8. The number of alkyl halides is 3. The fourth-order valence-corrected chi connectivity index (χ4v) is 4.46. The average molecular weight is 550 g/mol. The molecule has 3 atom stereocenters. The number of aliphatic hydroxyl groups is 2. The first kappa shape index (κ1) is 27.9. The highest BCUT2D eigenvalue weighted by Gasteiger charge is 2.36. The van der Waals surface area contributed by atoms with Crippen LogP contribution in [0.3, 0.4) is 0 Å². The molecule has 4 aromatic rings. The quantitative estimate of drug-likeness (QED) is 0.238. The Balaban J connectivity index is 0.000000303. The third-order valence-electron chi connectivity index (χ3n) is 6.36. The van der Waals surface area contributed by atoms with Gasteiger partial charge >= 0.3 is 18.1 Å². The lowest BCUT2D eigenvalue weighted by molar-refractivity contribution is -0.165. The van der Waals surface area contributed by atoms with Crippen LogP contribution in [0.15, 0.2) is 42.9 Å². The van der Waals surface area contributed by atoms with Gasteiger partial charge in [-0.2, -0.15) is 27.8 Å². The molecule has 1 fully saturated rings. The van der Waals surface area contributed by atoms with Crippen LogP contribution in [-0.2, 0) is 22.3 Å². The second-order valence-corrected chi connectivity index (χ2v) is 9.04. The number of aliphatic carboxylic acids is 2. The smallest absolute Gasteiger partial charge is 0.433 e. The standard InChI is InChI=1S/C20H19F3N6.C4H6O6/c21-20(22,23)18-8-17(27-19-25-12-26-29(18)19)13-4-3-7-28(10-13)11-14-9-24-16-6-2-1-5-15(14)16;5-1(3(7)8)2(6)4(9)10/h1-2,5-6,8-9,12-13,24H,3-4,7,10-11H2;1-2,5-6H,(H,7,8)(H,9,10)/t;1-,2-/m.1/s1. The summed E-state index contributed by atoms with van der Waals surface area (Å²) in [6.45, 7) is 2.32. The van der Waals surface area contributed by atoms with Crippen molar-refractivity contribution in [2.75, 3.05) is 13.1 Å². The number of halogens is 3. The molecule has 5 N–H and O–H groups in total. The van der Waals surface area contributed by atoms with Gasteiger partial charge in [0, 0.05) is 36.1 Å². The maximum atomic E-state index is 13.5. The lowest BCUT2D eigenvalue weighted by Crippen LogP contribution is -2.39. The topological polar surface area (TPSA) is 177 Å². The second kappa shape index (κ2) is 11.3. The van der Waals surface area contributed by atoms with Crippen LogP contribution in [0.4, 0.5) is 13.2 Å². The molecule has 0 spiro atoms. The SMILES string of the molecule is FC(F)(F)c1cc(C2CCCN(Cc3c[nH]c4ccccc34)C2)nc2ncnn12.O=C(O)[C@H](O)[C@@H](O)C(=O)O. The van der Waals surface area contributed by atoms with Gasteiger partial charge in [0.25, 0.3) is 5.78 Å². The predicted molar refractivity (Wildman–Crippen MR) is 129 cm³/mol. The van der Waals surface area contributed by atoms with Gasteiger partial charge in [0.2, 0.25) is 0 Å². The first-order valence-electron chi connectivity index (χ1n) is 11.8. The number of hydrogen-bond donors (Lipinski definition) is 5. The average Bonchev–Trinajstić information content (AvgIpc) is 3.54. The normalized spacial score (nSPS) is 17.9. The van der Waals surface area contributed by atoms with E-state index in [2.05, 4.69) is 31.0 Å². The van der Waals surface area contributed by atoms with Gasteiger partial charge in [-0.05, 0) is 37.1 Å². The molecule has 1 saturated heterocycles. The summed E-state index contributed by atoms with van der Waals surface area (Å²) in [5.74, 6) is -3.62. The zero-order chi connectivity index (χ0) is 28.3. The zero-order valence-electron chi connectivity index (χ0n) is 20.3. The minimum Gasteiger partial charge on any atom is -0.479 e. The molecular formula is C24H25F3N6O6.